The highest BCUT2D eigenvalue weighted by molar-refractivity contribution is 7.09. The van der Waals surface area contributed by atoms with Crippen LogP contribution in [0.25, 0.3) is 0 Å². The Morgan fingerprint density at radius 1 is 1.38 bits per heavy atom. The van der Waals surface area contributed by atoms with E-state index in [0.29, 0.717) is 13.1 Å². The highest BCUT2D eigenvalue weighted by Gasteiger charge is 2.14. The summed E-state index contributed by atoms with van der Waals surface area (Å²) in [6.45, 7) is 8.44. The number of ether oxygens (including phenoxy) is 1. The van der Waals surface area contributed by atoms with Crippen molar-refractivity contribution in [1.29, 1.82) is 0 Å². The molecule has 1 aliphatic rings. The SMILES string of the molecule is CCNC(=NCc1ccc(N2CCCC2)nc1)N(C)Cc1csc(C(C)OC)n1. The minimum absolute atomic E-state index is 0.0250. The molecule has 3 heterocycles. The molecular formula is C21H32N6OS. The van der Waals surface area contributed by atoms with E-state index in [2.05, 4.69) is 49.5 Å². The summed E-state index contributed by atoms with van der Waals surface area (Å²) in [6, 6.07) is 4.24. The third-order valence-electron chi connectivity index (χ3n) is 5.02. The van der Waals surface area contributed by atoms with Gasteiger partial charge in [0.05, 0.1) is 18.8 Å². The highest BCUT2D eigenvalue weighted by atomic mass is 32.1. The number of guanidine groups is 1. The van der Waals surface area contributed by atoms with Gasteiger partial charge in [0.25, 0.3) is 0 Å². The zero-order valence-corrected chi connectivity index (χ0v) is 18.7. The maximum absolute atomic E-state index is 5.36. The smallest absolute Gasteiger partial charge is 0.194 e. The zero-order valence-electron chi connectivity index (χ0n) is 17.9. The molecule has 3 rings (SSSR count). The van der Waals surface area contributed by atoms with Crippen molar-refractivity contribution in [2.75, 3.05) is 38.7 Å². The summed E-state index contributed by atoms with van der Waals surface area (Å²) in [5.41, 5.74) is 2.14. The summed E-state index contributed by atoms with van der Waals surface area (Å²) in [6.07, 6.45) is 4.49. The number of anilines is 1. The van der Waals surface area contributed by atoms with Crippen LogP contribution < -0.4 is 10.2 Å². The van der Waals surface area contributed by atoms with Crippen molar-refractivity contribution >= 4 is 23.1 Å². The summed E-state index contributed by atoms with van der Waals surface area (Å²) >= 11 is 1.64. The van der Waals surface area contributed by atoms with Crippen molar-refractivity contribution < 1.29 is 4.74 Å². The molecule has 0 spiro atoms. The molecule has 1 aliphatic heterocycles. The van der Waals surface area contributed by atoms with E-state index in [0.717, 1.165) is 47.7 Å². The molecule has 158 valence electrons. The fourth-order valence-electron chi connectivity index (χ4n) is 3.28. The fourth-order valence-corrected chi connectivity index (χ4v) is 4.12. The van der Waals surface area contributed by atoms with Crippen LogP contribution in [-0.4, -0.2) is 54.6 Å². The molecule has 0 bridgehead atoms. The van der Waals surface area contributed by atoms with E-state index in [4.69, 9.17) is 9.73 Å². The van der Waals surface area contributed by atoms with E-state index in [1.807, 2.05) is 20.2 Å². The number of nitrogens with zero attached hydrogens (tertiary/aromatic N) is 5. The van der Waals surface area contributed by atoms with Crippen molar-refractivity contribution in [1.82, 2.24) is 20.2 Å². The van der Waals surface area contributed by atoms with Crippen LogP contribution >= 0.6 is 11.3 Å². The molecule has 0 radical (unpaired) electrons. The van der Waals surface area contributed by atoms with Crippen molar-refractivity contribution in [3.8, 4) is 0 Å². The quantitative estimate of drug-likeness (QED) is 0.525. The average Bonchev–Trinajstić information content (AvgIpc) is 3.43. The molecular weight excluding hydrogens is 384 g/mol. The van der Waals surface area contributed by atoms with Crippen LogP contribution in [0.3, 0.4) is 0 Å². The van der Waals surface area contributed by atoms with E-state index in [1.54, 1.807) is 18.4 Å². The van der Waals surface area contributed by atoms with Gasteiger partial charge in [0.1, 0.15) is 16.9 Å². The Balaban J connectivity index is 1.61. The second kappa shape index (κ2) is 10.5. The molecule has 1 unspecified atom stereocenters. The second-order valence-electron chi connectivity index (χ2n) is 7.30. The first-order valence-corrected chi connectivity index (χ1v) is 11.1. The third-order valence-corrected chi connectivity index (χ3v) is 6.07. The molecule has 0 saturated carbocycles. The molecule has 1 saturated heterocycles. The Hall–Kier alpha value is -2.19. The van der Waals surface area contributed by atoms with Gasteiger partial charge < -0.3 is 19.9 Å². The first-order valence-electron chi connectivity index (χ1n) is 10.3. The first-order chi connectivity index (χ1) is 14.1. The second-order valence-corrected chi connectivity index (χ2v) is 8.19. The van der Waals surface area contributed by atoms with Gasteiger partial charge in [0.15, 0.2) is 5.96 Å². The molecule has 0 aromatic carbocycles. The van der Waals surface area contributed by atoms with Gasteiger partial charge in [-0.15, -0.1) is 11.3 Å². The summed E-state index contributed by atoms with van der Waals surface area (Å²) in [5, 5.41) is 6.46. The van der Waals surface area contributed by atoms with Crippen LogP contribution in [0.4, 0.5) is 5.82 Å². The van der Waals surface area contributed by atoms with Crippen molar-refractivity contribution in [2.24, 2.45) is 4.99 Å². The number of methoxy groups -OCH3 is 1. The molecule has 0 amide bonds. The maximum Gasteiger partial charge on any atom is 0.194 e. The van der Waals surface area contributed by atoms with Crippen LogP contribution in [-0.2, 0) is 17.8 Å². The van der Waals surface area contributed by atoms with E-state index < -0.39 is 0 Å². The lowest BCUT2D eigenvalue weighted by molar-refractivity contribution is 0.119. The summed E-state index contributed by atoms with van der Waals surface area (Å²) < 4.78 is 5.36. The number of thiazole rings is 1. The Morgan fingerprint density at radius 3 is 2.83 bits per heavy atom. The lowest BCUT2D eigenvalue weighted by Gasteiger charge is -2.21. The molecule has 29 heavy (non-hydrogen) atoms. The van der Waals surface area contributed by atoms with Crippen molar-refractivity contribution in [2.45, 2.75) is 45.9 Å². The lowest BCUT2D eigenvalue weighted by atomic mass is 10.3. The molecule has 0 aliphatic carbocycles. The van der Waals surface area contributed by atoms with E-state index in [-0.39, 0.29) is 6.10 Å². The Bertz CT molecular complexity index is 785. The number of pyridine rings is 1. The Labute approximate surface area is 177 Å². The fraction of sp³-hybridized carbons (Fsp3) is 0.571. The van der Waals surface area contributed by atoms with Crippen LogP contribution in [0.1, 0.15) is 49.1 Å². The molecule has 7 nitrogen and oxygen atoms in total. The first kappa shape index (κ1) is 21.5. The number of hydrogen-bond acceptors (Lipinski definition) is 6. The summed E-state index contributed by atoms with van der Waals surface area (Å²) in [7, 11) is 3.75. The lowest BCUT2D eigenvalue weighted by Crippen LogP contribution is -2.38. The predicted molar refractivity (Wildman–Crippen MR) is 120 cm³/mol. The minimum Gasteiger partial charge on any atom is -0.375 e. The van der Waals surface area contributed by atoms with Gasteiger partial charge in [0, 0.05) is 45.4 Å². The van der Waals surface area contributed by atoms with E-state index >= 15 is 0 Å². The molecule has 1 atom stereocenters. The van der Waals surface area contributed by atoms with Gasteiger partial charge in [-0.1, -0.05) is 6.07 Å². The van der Waals surface area contributed by atoms with Gasteiger partial charge in [-0.05, 0) is 38.3 Å². The third kappa shape index (κ3) is 5.90. The van der Waals surface area contributed by atoms with Crippen molar-refractivity contribution in [3.63, 3.8) is 0 Å². The van der Waals surface area contributed by atoms with Crippen LogP contribution in [0.15, 0.2) is 28.7 Å². The van der Waals surface area contributed by atoms with Gasteiger partial charge in [-0.3, -0.25) is 0 Å². The van der Waals surface area contributed by atoms with E-state index in [9.17, 15) is 0 Å². The van der Waals surface area contributed by atoms with Crippen LogP contribution in [0, 0.1) is 0 Å². The topological polar surface area (TPSA) is 65.9 Å². The number of nitrogens with one attached hydrogen (secondary N) is 1. The number of rotatable bonds is 8. The molecule has 1 N–H and O–H groups in total. The average molecular weight is 417 g/mol. The van der Waals surface area contributed by atoms with Crippen LogP contribution in [0.5, 0.6) is 0 Å². The standard InChI is InChI=1S/C21H32N6OS/c1-5-22-21(26(3)14-18-15-29-20(25-18)16(2)28-4)24-13-17-8-9-19(23-12-17)27-10-6-7-11-27/h8-9,12,15-16H,5-7,10-11,13-14H2,1-4H3,(H,22,24). The zero-order chi connectivity index (χ0) is 20.6. The van der Waals surface area contributed by atoms with Gasteiger partial charge in [-0.25, -0.2) is 15.0 Å². The minimum atomic E-state index is 0.0250. The van der Waals surface area contributed by atoms with E-state index in [1.165, 1.54) is 12.8 Å². The molecule has 2 aromatic rings. The number of hydrogen-bond donors (Lipinski definition) is 1. The van der Waals surface area contributed by atoms with Gasteiger partial charge >= 0.3 is 0 Å². The van der Waals surface area contributed by atoms with Crippen molar-refractivity contribution in [3.05, 3.63) is 40.0 Å². The van der Waals surface area contributed by atoms with Gasteiger partial charge in [0.2, 0.25) is 0 Å². The predicted octanol–water partition coefficient (Wildman–Crippen LogP) is 3.44. The largest absolute Gasteiger partial charge is 0.375 e. The van der Waals surface area contributed by atoms with Crippen LogP contribution in [0.2, 0.25) is 0 Å². The summed E-state index contributed by atoms with van der Waals surface area (Å²) in [5.74, 6) is 1.94. The monoisotopic (exact) mass is 416 g/mol. The molecule has 8 heteroatoms. The number of aliphatic imine (C=N–C) groups is 1. The molecule has 1 fully saturated rings. The number of aromatic nitrogens is 2. The Morgan fingerprint density at radius 2 is 2.17 bits per heavy atom. The highest BCUT2D eigenvalue weighted by Crippen LogP contribution is 2.21. The Kier molecular flexibility index (Phi) is 7.83. The molecule has 2 aromatic heterocycles. The normalized spacial score (nSPS) is 15.6. The summed E-state index contributed by atoms with van der Waals surface area (Å²) in [4.78, 5) is 18.6. The van der Waals surface area contributed by atoms with Gasteiger partial charge in [-0.2, -0.15) is 0 Å². The maximum atomic E-state index is 5.36.